The molecule has 0 aliphatic heterocycles. The molecule has 0 saturated carbocycles. The molecule has 0 unspecified atom stereocenters. The van der Waals surface area contributed by atoms with Gasteiger partial charge in [0.1, 0.15) is 17.5 Å². The zero-order chi connectivity index (χ0) is 18.2. The van der Waals surface area contributed by atoms with Crippen LogP contribution in [0, 0.1) is 29.3 Å². The van der Waals surface area contributed by atoms with Crippen molar-refractivity contribution in [3.8, 4) is 11.8 Å². The third-order valence-electron chi connectivity index (χ3n) is 3.51. The molecule has 1 heterocycles. The summed E-state index contributed by atoms with van der Waals surface area (Å²) in [6.07, 6.45) is 4.14. The molecule has 0 aliphatic rings. The molecule has 0 fully saturated rings. The van der Waals surface area contributed by atoms with Gasteiger partial charge in [-0.2, -0.15) is 4.99 Å². The maximum atomic E-state index is 14.1. The van der Waals surface area contributed by atoms with Crippen molar-refractivity contribution in [2.45, 2.75) is 32.6 Å². The van der Waals surface area contributed by atoms with Gasteiger partial charge in [-0.05, 0) is 37.2 Å². The Morgan fingerprint density at radius 1 is 1.04 bits per heavy atom. The quantitative estimate of drug-likeness (QED) is 0.310. The Labute approximate surface area is 149 Å². The highest BCUT2D eigenvalue weighted by Crippen LogP contribution is 2.18. The van der Waals surface area contributed by atoms with Gasteiger partial charge in [0.25, 0.3) is 0 Å². The summed E-state index contributed by atoms with van der Waals surface area (Å²) in [5, 5.41) is 2.08. The number of hydrogen-bond donors (Lipinski definition) is 0. The molecule has 0 saturated heterocycles. The molecule has 2 aromatic rings. The van der Waals surface area contributed by atoms with Crippen LogP contribution in [0.15, 0.2) is 29.4 Å². The highest BCUT2D eigenvalue weighted by molar-refractivity contribution is 7.78. The number of aromatic nitrogens is 1. The molecular formula is C19H15F3N2S. The highest BCUT2D eigenvalue weighted by Gasteiger charge is 2.10. The Morgan fingerprint density at radius 3 is 2.36 bits per heavy atom. The maximum absolute atomic E-state index is 14.1. The average Bonchev–Trinajstić information content (AvgIpc) is 2.57. The van der Waals surface area contributed by atoms with Crippen LogP contribution >= 0.6 is 12.2 Å². The van der Waals surface area contributed by atoms with Crippen LogP contribution < -0.4 is 0 Å². The third-order valence-corrected chi connectivity index (χ3v) is 3.60. The van der Waals surface area contributed by atoms with Crippen LogP contribution in [0.1, 0.15) is 42.9 Å². The van der Waals surface area contributed by atoms with Gasteiger partial charge in [-0.15, -0.1) is 0 Å². The molecule has 6 heteroatoms. The number of benzene rings is 1. The minimum atomic E-state index is -0.649. The number of unbranched alkanes of at least 4 members (excludes halogenated alkanes) is 2. The molecule has 2 rings (SSSR count). The van der Waals surface area contributed by atoms with Crippen LogP contribution in [0.3, 0.4) is 0 Å². The Morgan fingerprint density at radius 2 is 1.76 bits per heavy atom. The van der Waals surface area contributed by atoms with Crippen molar-refractivity contribution in [1.82, 2.24) is 4.98 Å². The summed E-state index contributed by atoms with van der Waals surface area (Å²) in [5.74, 6) is 3.23. The van der Waals surface area contributed by atoms with E-state index in [9.17, 15) is 13.2 Å². The van der Waals surface area contributed by atoms with Gasteiger partial charge in [0.2, 0.25) is 0 Å². The number of thiocarbonyl (C=S) groups is 1. The van der Waals surface area contributed by atoms with E-state index in [-0.39, 0.29) is 22.5 Å². The van der Waals surface area contributed by atoms with Crippen LogP contribution in [0.2, 0.25) is 0 Å². The second kappa shape index (κ2) is 9.12. The van der Waals surface area contributed by atoms with E-state index in [0.717, 1.165) is 37.5 Å². The molecule has 0 spiro atoms. The normalized spacial score (nSPS) is 9.92. The average molecular weight is 360 g/mol. The summed E-state index contributed by atoms with van der Waals surface area (Å²) in [6, 6.07) is 3.38. The van der Waals surface area contributed by atoms with Crippen molar-refractivity contribution in [2.75, 3.05) is 0 Å². The zero-order valence-corrected chi connectivity index (χ0v) is 14.4. The van der Waals surface area contributed by atoms with Gasteiger partial charge in [0.15, 0.2) is 5.82 Å². The minimum Gasteiger partial charge on any atom is -0.235 e. The first-order chi connectivity index (χ1) is 12.0. The van der Waals surface area contributed by atoms with E-state index in [4.69, 9.17) is 0 Å². The summed E-state index contributed by atoms with van der Waals surface area (Å²) in [7, 11) is 0. The highest BCUT2D eigenvalue weighted by atomic mass is 32.1. The number of nitrogens with zero attached hydrogens (tertiary/aromatic N) is 2. The Hall–Kier alpha value is -2.48. The largest absolute Gasteiger partial charge is 0.235 e. The van der Waals surface area contributed by atoms with E-state index in [1.54, 1.807) is 0 Å². The summed E-state index contributed by atoms with van der Waals surface area (Å²) >= 11 is 4.42. The predicted molar refractivity (Wildman–Crippen MR) is 94.4 cm³/mol. The standard InChI is InChI=1S/C19H15F3N2S/c1-2-3-4-5-15-17(21)8-13(9-18(15)22)6-7-14-11-23-19(24-12-25)10-16(14)20/h8-11H,2-5H2,1H3. The number of pyridine rings is 1. The molecule has 1 aromatic heterocycles. The van der Waals surface area contributed by atoms with Crippen molar-refractivity contribution < 1.29 is 13.2 Å². The lowest BCUT2D eigenvalue weighted by Gasteiger charge is -2.05. The van der Waals surface area contributed by atoms with Gasteiger partial charge in [-0.3, -0.25) is 0 Å². The topological polar surface area (TPSA) is 25.2 Å². The molecule has 25 heavy (non-hydrogen) atoms. The van der Waals surface area contributed by atoms with Gasteiger partial charge in [-0.1, -0.05) is 31.6 Å². The summed E-state index contributed by atoms with van der Waals surface area (Å²) < 4.78 is 42.0. The SMILES string of the molecule is CCCCCc1c(F)cc(C#Cc2cnc(N=C=S)cc2F)cc1F. The number of rotatable bonds is 5. The summed E-state index contributed by atoms with van der Waals surface area (Å²) in [5.41, 5.74) is 0.194. The Bertz CT molecular complexity index is 855. The van der Waals surface area contributed by atoms with Crippen molar-refractivity contribution >= 4 is 23.2 Å². The number of halogens is 3. The summed E-state index contributed by atoms with van der Waals surface area (Å²) in [6.45, 7) is 2.02. The van der Waals surface area contributed by atoms with E-state index in [2.05, 4.69) is 39.2 Å². The first-order valence-corrected chi connectivity index (χ1v) is 8.19. The molecule has 0 N–H and O–H groups in total. The van der Waals surface area contributed by atoms with Crippen molar-refractivity contribution in [1.29, 1.82) is 0 Å². The van der Waals surface area contributed by atoms with Gasteiger partial charge in [0, 0.05) is 23.4 Å². The number of isothiocyanates is 1. The van der Waals surface area contributed by atoms with E-state index >= 15 is 0 Å². The van der Waals surface area contributed by atoms with Gasteiger partial charge < -0.3 is 0 Å². The lowest BCUT2D eigenvalue weighted by molar-refractivity contribution is 0.545. The number of aliphatic imine (C=N–C) groups is 1. The molecule has 0 aliphatic carbocycles. The molecule has 2 nitrogen and oxygen atoms in total. The second-order valence-corrected chi connectivity index (χ2v) is 5.53. The van der Waals surface area contributed by atoms with E-state index in [1.165, 1.54) is 6.20 Å². The minimum absolute atomic E-state index is 0.00356. The summed E-state index contributed by atoms with van der Waals surface area (Å²) in [4.78, 5) is 7.40. The van der Waals surface area contributed by atoms with E-state index in [0.29, 0.717) is 6.42 Å². The molecule has 0 bridgehead atoms. The van der Waals surface area contributed by atoms with Gasteiger partial charge >= 0.3 is 0 Å². The molecular weight excluding hydrogens is 345 g/mol. The molecule has 1 aromatic carbocycles. The van der Waals surface area contributed by atoms with Crippen LogP contribution in [0.25, 0.3) is 0 Å². The van der Waals surface area contributed by atoms with Crippen LogP contribution in [0.4, 0.5) is 19.0 Å². The molecule has 0 radical (unpaired) electrons. The monoisotopic (exact) mass is 360 g/mol. The Kier molecular flexibility index (Phi) is 6.88. The van der Waals surface area contributed by atoms with Crippen molar-refractivity contribution in [2.24, 2.45) is 4.99 Å². The zero-order valence-electron chi connectivity index (χ0n) is 13.6. The van der Waals surface area contributed by atoms with E-state index in [1.807, 2.05) is 6.92 Å². The predicted octanol–water partition coefficient (Wildman–Crippen LogP) is 5.37. The van der Waals surface area contributed by atoms with Gasteiger partial charge in [0.05, 0.1) is 10.7 Å². The van der Waals surface area contributed by atoms with Gasteiger partial charge in [-0.25, -0.2) is 18.2 Å². The van der Waals surface area contributed by atoms with Crippen molar-refractivity contribution in [3.05, 3.63) is 58.5 Å². The lowest BCUT2D eigenvalue weighted by atomic mass is 10.0. The smallest absolute Gasteiger partial charge is 0.165 e. The molecule has 0 amide bonds. The Balaban J connectivity index is 2.24. The fourth-order valence-electron chi connectivity index (χ4n) is 2.23. The first kappa shape index (κ1) is 18.9. The lowest BCUT2D eigenvalue weighted by Crippen LogP contribution is -1.97. The fourth-order valence-corrected chi connectivity index (χ4v) is 2.32. The van der Waals surface area contributed by atoms with E-state index < -0.39 is 17.5 Å². The number of hydrogen-bond acceptors (Lipinski definition) is 3. The molecule has 128 valence electrons. The van der Waals surface area contributed by atoms with Crippen LogP contribution in [-0.2, 0) is 6.42 Å². The van der Waals surface area contributed by atoms with Crippen molar-refractivity contribution in [3.63, 3.8) is 0 Å². The van der Waals surface area contributed by atoms with Crippen LogP contribution in [0.5, 0.6) is 0 Å². The second-order valence-electron chi connectivity index (χ2n) is 5.35. The first-order valence-electron chi connectivity index (χ1n) is 7.78. The fraction of sp³-hybridized carbons (Fsp3) is 0.263. The van der Waals surface area contributed by atoms with Crippen LogP contribution in [-0.4, -0.2) is 10.1 Å². The third kappa shape index (κ3) is 5.25. The molecule has 0 atom stereocenters. The maximum Gasteiger partial charge on any atom is 0.165 e.